The monoisotopic (exact) mass is 366 g/mol. The Hall–Kier alpha value is -2.59. The number of carbonyl (C=O) groups excluding carboxylic acids is 2. The number of rotatable bonds is 4. The zero-order valence-corrected chi connectivity index (χ0v) is 14.9. The maximum Gasteiger partial charge on any atom is 0.234 e. The highest BCUT2D eigenvalue weighted by Gasteiger charge is 2.48. The van der Waals surface area contributed by atoms with Gasteiger partial charge in [0.2, 0.25) is 11.8 Å². The number of halogens is 1. The number of imide groups is 1. The molecule has 2 atom stereocenters. The van der Waals surface area contributed by atoms with E-state index < -0.39 is 0 Å². The molecule has 1 saturated heterocycles. The van der Waals surface area contributed by atoms with Crippen LogP contribution < -0.4 is 5.32 Å². The van der Waals surface area contributed by atoms with Crippen LogP contribution >= 0.6 is 11.6 Å². The molecular weight excluding hydrogens is 348 g/mol. The molecule has 5 heteroatoms. The number of anilines is 1. The third-order valence-corrected chi connectivity index (χ3v) is 5.41. The van der Waals surface area contributed by atoms with Crippen molar-refractivity contribution in [2.75, 3.05) is 12.0 Å². The summed E-state index contributed by atoms with van der Waals surface area (Å²) in [7, 11) is 0. The Morgan fingerprint density at radius 3 is 2.46 bits per heavy atom. The molecule has 2 aromatic rings. The Morgan fingerprint density at radius 1 is 0.962 bits per heavy atom. The summed E-state index contributed by atoms with van der Waals surface area (Å²) in [5.74, 6) is -0.816. The fourth-order valence-electron chi connectivity index (χ4n) is 3.72. The number of nitrogens with one attached hydrogen (secondary N) is 1. The second-order valence-corrected chi connectivity index (χ2v) is 7.14. The van der Waals surface area contributed by atoms with Crippen LogP contribution in [-0.2, 0) is 9.59 Å². The van der Waals surface area contributed by atoms with Gasteiger partial charge in [-0.05, 0) is 24.5 Å². The van der Waals surface area contributed by atoms with E-state index in [4.69, 9.17) is 11.6 Å². The van der Waals surface area contributed by atoms with E-state index in [1.165, 1.54) is 4.90 Å². The second-order valence-electron chi connectivity index (χ2n) is 6.65. The lowest BCUT2D eigenvalue weighted by molar-refractivity contribution is -0.139. The van der Waals surface area contributed by atoms with Crippen molar-refractivity contribution in [3.63, 3.8) is 0 Å². The molecule has 4 nitrogen and oxygen atoms in total. The lowest BCUT2D eigenvalue weighted by atomic mass is 9.85. The highest BCUT2D eigenvalue weighted by Crippen LogP contribution is 2.39. The van der Waals surface area contributed by atoms with Gasteiger partial charge in [-0.2, -0.15) is 0 Å². The Kier molecular flexibility index (Phi) is 4.51. The number of hydrogen-bond acceptors (Lipinski definition) is 3. The number of allylic oxidation sites excluding steroid dienone is 2. The van der Waals surface area contributed by atoms with E-state index in [1.807, 2.05) is 60.7 Å². The fraction of sp³-hybridized carbons (Fsp3) is 0.238. The van der Waals surface area contributed by atoms with Gasteiger partial charge < -0.3 is 5.32 Å². The van der Waals surface area contributed by atoms with Gasteiger partial charge in [-0.15, -0.1) is 0 Å². The molecular formula is C21H19ClN2O2. The minimum absolute atomic E-state index is 0.106. The predicted molar refractivity (Wildman–Crippen MR) is 102 cm³/mol. The molecule has 1 aliphatic carbocycles. The molecule has 0 saturated carbocycles. The molecule has 4 rings (SSSR count). The SMILES string of the molecule is O=C1[C@H]2CC=C(Cl)C[C@H]2C(=O)N1CNc1ccccc1-c1ccccc1. The van der Waals surface area contributed by atoms with Gasteiger partial charge in [-0.3, -0.25) is 14.5 Å². The molecule has 0 unspecified atom stereocenters. The Morgan fingerprint density at radius 2 is 1.65 bits per heavy atom. The van der Waals surface area contributed by atoms with Crippen LogP contribution in [0.1, 0.15) is 12.8 Å². The van der Waals surface area contributed by atoms with Gasteiger partial charge in [0.1, 0.15) is 0 Å². The summed E-state index contributed by atoms with van der Waals surface area (Å²) >= 11 is 6.07. The van der Waals surface area contributed by atoms with Gasteiger partial charge in [0.15, 0.2) is 0 Å². The smallest absolute Gasteiger partial charge is 0.234 e. The predicted octanol–water partition coefficient (Wildman–Crippen LogP) is 4.24. The number of para-hydroxylation sites is 1. The summed E-state index contributed by atoms with van der Waals surface area (Å²) in [4.78, 5) is 26.6. The molecule has 1 fully saturated rings. The van der Waals surface area contributed by atoms with Crippen LogP contribution in [0.3, 0.4) is 0 Å². The van der Waals surface area contributed by atoms with Gasteiger partial charge in [-0.1, -0.05) is 66.2 Å². The van der Waals surface area contributed by atoms with Crippen LogP contribution in [0.15, 0.2) is 65.7 Å². The van der Waals surface area contributed by atoms with Crippen molar-refractivity contribution in [2.24, 2.45) is 11.8 Å². The maximum absolute atomic E-state index is 12.7. The number of benzene rings is 2. The van der Waals surface area contributed by atoms with Crippen LogP contribution in [0.5, 0.6) is 0 Å². The summed E-state index contributed by atoms with van der Waals surface area (Å²) in [5.41, 5.74) is 3.01. The fourth-order valence-corrected chi connectivity index (χ4v) is 3.98. The first-order valence-corrected chi connectivity index (χ1v) is 9.11. The van der Waals surface area contributed by atoms with Crippen LogP contribution in [0.25, 0.3) is 11.1 Å². The van der Waals surface area contributed by atoms with Crippen molar-refractivity contribution in [3.8, 4) is 11.1 Å². The summed E-state index contributed by atoms with van der Waals surface area (Å²) in [6, 6.07) is 17.9. The van der Waals surface area contributed by atoms with E-state index in [0.717, 1.165) is 16.8 Å². The third kappa shape index (κ3) is 3.01. The Bertz CT molecular complexity index is 879. The molecule has 1 aliphatic heterocycles. The molecule has 0 aromatic heterocycles. The molecule has 2 aliphatic rings. The second kappa shape index (κ2) is 6.96. The summed E-state index contributed by atoms with van der Waals surface area (Å²) < 4.78 is 0. The normalized spacial score (nSPS) is 22.2. The zero-order chi connectivity index (χ0) is 18.1. The van der Waals surface area contributed by atoms with E-state index in [0.29, 0.717) is 17.9 Å². The molecule has 132 valence electrons. The highest BCUT2D eigenvalue weighted by atomic mass is 35.5. The average molecular weight is 367 g/mol. The number of hydrogen-bond donors (Lipinski definition) is 1. The number of nitrogens with zero attached hydrogens (tertiary/aromatic N) is 1. The highest BCUT2D eigenvalue weighted by molar-refractivity contribution is 6.30. The van der Waals surface area contributed by atoms with E-state index in [2.05, 4.69) is 5.32 Å². The number of fused-ring (bicyclic) bond motifs is 1. The summed E-state index contributed by atoms with van der Waals surface area (Å²) in [5, 5.41) is 3.95. The molecule has 1 heterocycles. The average Bonchev–Trinajstić information content (AvgIpc) is 2.91. The van der Waals surface area contributed by atoms with Crippen molar-refractivity contribution < 1.29 is 9.59 Å². The van der Waals surface area contributed by atoms with E-state index in [1.54, 1.807) is 0 Å². The van der Waals surface area contributed by atoms with E-state index in [9.17, 15) is 9.59 Å². The van der Waals surface area contributed by atoms with Gasteiger partial charge in [-0.25, -0.2) is 0 Å². The molecule has 0 spiro atoms. The minimum Gasteiger partial charge on any atom is -0.367 e. The number of likely N-dealkylation sites (tertiary alicyclic amines) is 1. The zero-order valence-electron chi connectivity index (χ0n) is 14.2. The first-order chi connectivity index (χ1) is 12.6. The van der Waals surface area contributed by atoms with Crippen LogP contribution in [0, 0.1) is 11.8 Å². The number of amides is 2. The molecule has 0 bridgehead atoms. The van der Waals surface area contributed by atoms with Crippen LogP contribution in [-0.4, -0.2) is 23.4 Å². The maximum atomic E-state index is 12.7. The van der Waals surface area contributed by atoms with Crippen molar-refractivity contribution in [3.05, 3.63) is 65.7 Å². The lowest BCUT2D eigenvalue weighted by Gasteiger charge is -2.18. The molecule has 2 aromatic carbocycles. The number of carbonyl (C=O) groups is 2. The standard InChI is InChI=1S/C21H19ClN2O2/c22-15-10-11-17-18(12-15)21(26)24(20(17)25)13-23-19-9-5-4-8-16(19)14-6-2-1-3-7-14/h1-10,17-18,23H,11-13H2/t17-,18+/m0/s1. The Labute approximate surface area is 157 Å². The topological polar surface area (TPSA) is 49.4 Å². The van der Waals surface area contributed by atoms with Crippen LogP contribution in [0.4, 0.5) is 5.69 Å². The van der Waals surface area contributed by atoms with Crippen molar-refractivity contribution in [1.29, 1.82) is 0 Å². The molecule has 0 radical (unpaired) electrons. The first kappa shape index (κ1) is 16.9. The Balaban J connectivity index is 1.52. The molecule has 26 heavy (non-hydrogen) atoms. The summed E-state index contributed by atoms with van der Waals surface area (Å²) in [6.07, 6.45) is 2.87. The molecule has 2 amide bonds. The van der Waals surface area contributed by atoms with Crippen molar-refractivity contribution in [1.82, 2.24) is 4.90 Å². The summed E-state index contributed by atoms with van der Waals surface area (Å²) in [6.45, 7) is 0.173. The van der Waals surface area contributed by atoms with Crippen molar-refractivity contribution in [2.45, 2.75) is 12.8 Å². The third-order valence-electron chi connectivity index (χ3n) is 5.10. The van der Waals surface area contributed by atoms with Gasteiger partial charge >= 0.3 is 0 Å². The van der Waals surface area contributed by atoms with Crippen LogP contribution in [0.2, 0.25) is 0 Å². The minimum atomic E-state index is -0.314. The van der Waals surface area contributed by atoms with E-state index >= 15 is 0 Å². The quantitative estimate of drug-likeness (QED) is 0.823. The molecule has 1 N–H and O–H groups in total. The van der Waals surface area contributed by atoms with Gasteiger partial charge in [0.25, 0.3) is 0 Å². The van der Waals surface area contributed by atoms with Gasteiger partial charge in [0.05, 0.1) is 18.5 Å². The van der Waals surface area contributed by atoms with Crippen molar-refractivity contribution >= 4 is 29.1 Å². The van der Waals surface area contributed by atoms with E-state index in [-0.39, 0.29) is 30.3 Å². The van der Waals surface area contributed by atoms with Gasteiger partial charge in [0, 0.05) is 16.3 Å². The first-order valence-electron chi connectivity index (χ1n) is 8.73. The lowest BCUT2D eigenvalue weighted by Crippen LogP contribution is -2.35. The largest absolute Gasteiger partial charge is 0.367 e.